The molecule has 0 aromatic carbocycles. The summed E-state index contributed by atoms with van der Waals surface area (Å²) in [4.78, 5) is 0. The van der Waals surface area contributed by atoms with E-state index in [1.165, 1.54) is 0 Å². The molecule has 0 radical (unpaired) electrons. The van der Waals surface area contributed by atoms with Crippen molar-refractivity contribution in [3.8, 4) is 0 Å². The lowest BCUT2D eigenvalue weighted by Gasteiger charge is -2.55. The van der Waals surface area contributed by atoms with Crippen molar-refractivity contribution >= 4 is 8.56 Å². The molecule has 4 heteroatoms. The molecule has 0 bridgehead atoms. The maximum Gasteiger partial charge on any atom is 0.315 e. The van der Waals surface area contributed by atoms with Crippen LogP contribution in [0.25, 0.3) is 0 Å². The van der Waals surface area contributed by atoms with Crippen LogP contribution in [-0.2, 0) is 0 Å². The van der Waals surface area contributed by atoms with Crippen LogP contribution in [0, 0.1) is 35.5 Å². The summed E-state index contributed by atoms with van der Waals surface area (Å²) in [6.07, 6.45) is 0. The molecular weight excluding hydrogens is 382 g/mol. The van der Waals surface area contributed by atoms with E-state index >= 15 is 0 Å². The van der Waals surface area contributed by atoms with Gasteiger partial charge in [-0.2, -0.15) is 0 Å². The summed E-state index contributed by atoms with van der Waals surface area (Å²) >= 11 is 0. The van der Waals surface area contributed by atoms with E-state index in [-0.39, 0.29) is 0 Å². The normalized spacial score (nSPS) is 13.6. The van der Waals surface area contributed by atoms with Crippen molar-refractivity contribution in [2.45, 2.75) is 83.1 Å². The molecule has 0 rings (SSSR count). The third-order valence-electron chi connectivity index (χ3n) is 5.18. The Balaban J connectivity index is 6.77. The first-order valence-corrected chi connectivity index (χ1v) is 14.6. The summed E-state index contributed by atoms with van der Waals surface area (Å²) < 4.78 is 8.68. The van der Waals surface area contributed by atoms with Gasteiger partial charge in [-0.05, 0) is 74.8 Å². The van der Waals surface area contributed by atoms with E-state index in [9.17, 15) is 0 Å². The zero-order valence-electron chi connectivity index (χ0n) is 22.8. The maximum atomic E-state index is 4.58. The molecule has 0 saturated heterocycles. The fourth-order valence-corrected chi connectivity index (χ4v) is 10.4. The van der Waals surface area contributed by atoms with Crippen LogP contribution >= 0.6 is 0 Å². The van der Waals surface area contributed by atoms with E-state index < -0.39 is 8.56 Å². The minimum absolute atomic E-state index is 0.649. The van der Waals surface area contributed by atoms with Crippen molar-refractivity contribution in [1.29, 1.82) is 0 Å². The lowest BCUT2D eigenvalue weighted by Crippen LogP contribution is -2.76. The zero-order valence-corrected chi connectivity index (χ0v) is 23.8. The molecule has 0 aromatic heterocycles. The van der Waals surface area contributed by atoms with E-state index in [4.69, 9.17) is 0 Å². The van der Waals surface area contributed by atoms with Gasteiger partial charge in [-0.3, -0.25) is 13.7 Å². The molecule has 0 fully saturated rings. The molecule has 3 nitrogen and oxygen atoms in total. The molecule has 0 aliphatic carbocycles. The molecule has 0 heterocycles. The lowest BCUT2D eigenvalue weighted by molar-refractivity contribution is 0.186. The first kappa shape index (κ1) is 29.8. The standard InChI is InChI=1S/C26H57N3Si/c1-14-30(27(15-21(2)3)16-22(4)5,28(17-23(6)7)18-24(8)9)29(19-25(10)11)20-26(12)13/h14,21-26H,1,15-20H2,2-13H3. The summed E-state index contributed by atoms with van der Waals surface area (Å²) in [5.74, 6) is 3.89. The van der Waals surface area contributed by atoms with Gasteiger partial charge in [0, 0.05) is 0 Å². The highest BCUT2D eigenvalue weighted by atomic mass is 28.4. The van der Waals surface area contributed by atoms with Crippen LogP contribution in [0.15, 0.2) is 12.3 Å². The van der Waals surface area contributed by atoms with Crippen LogP contribution in [-0.4, -0.2) is 61.5 Å². The Morgan fingerprint density at radius 1 is 0.467 bits per heavy atom. The van der Waals surface area contributed by atoms with E-state index in [0.29, 0.717) is 35.5 Å². The van der Waals surface area contributed by atoms with Gasteiger partial charge in [0.15, 0.2) is 0 Å². The van der Waals surface area contributed by atoms with E-state index in [0.717, 1.165) is 39.3 Å². The van der Waals surface area contributed by atoms with Crippen molar-refractivity contribution in [2.24, 2.45) is 35.5 Å². The van der Waals surface area contributed by atoms with Crippen LogP contribution < -0.4 is 0 Å². The summed E-state index contributed by atoms with van der Waals surface area (Å²) in [5, 5.41) is 0. The molecule has 0 spiro atoms. The van der Waals surface area contributed by atoms with Crippen molar-refractivity contribution in [2.75, 3.05) is 39.3 Å². The van der Waals surface area contributed by atoms with Gasteiger partial charge in [-0.1, -0.05) is 88.8 Å². The first-order valence-electron chi connectivity index (χ1n) is 12.6. The number of rotatable bonds is 16. The van der Waals surface area contributed by atoms with E-state index in [1.807, 2.05) is 0 Å². The Kier molecular flexibility index (Phi) is 14.0. The third-order valence-corrected chi connectivity index (χ3v) is 9.62. The second-order valence-corrected chi connectivity index (χ2v) is 15.6. The van der Waals surface area contributed by atoms with Crippen LogP contribution in [0.3, 0.4) is 0 Å². The summed E-state index contributed by atoms with van der Waals surface area (Å²) in [6, 6.07) is 0. The van der Waals surface area contributed by atoms with Crippen LogP contribution in [0.5, 0.6) is 0 Å². The highest BCUT2D eigenvalue weighted by Gasteiger charge is 2.49. The van der Waals surface area contributed by atoms with Gasteiger partial charge >= 0.3 is 8.56 Å². The first-order chi connectivity index (χ1) is 13.8. The second-order valence-electron chi connectivity index (χ2n) is 12.0. The van der Waals surface area contributed by atoms with Gasteiger partial charge in [0.25, 0.3) is 0 Å². The fourth-order valence-electron chi connectivity index (χ4n) is 4.66. The van der Waals surface area contributed by atoms with Crippen LogP contribution in [0.1, 0.15) is 83.1 Å². The average Bonchev–Trinajstić information content (AvgIpc) is 2.52. The lowest BCUT2D eigenvalue weighted by atomic mass is 10.2. The molecule has 0 atom stereocenters. The summed E-state index contributed by atoms with van der Waals surface area (Å²) in [7, 11) is -2.27. The maximum absolute atomic E-state index is 4.58. The fraction of sp³-hybridized carbons (Fsp3) is 0.923. The van der Waals surface area contributed by atoms with E-state index in [1.54, 1.807) is 0 Å². The molecule has 30 heavy (non-hydrogen) atoms. The largest absolute Gasteiger partial charge is 0.315 e. The van der Waals surface area contributed by atoms with Crippen molar-refractivity contribution in [3.63, 3.8) is 0 Å². The minimum atomic E-state index is -2.27. The predicted molar refractivity (Wildman–Crippen MR) is 140 cm³/mol. The van der Waals surface area contributed by atoms with Crippen LogP contribution in [0.4, 0.5) is 0 Å². The molecular formula is C26H57N3Si. The van der Waals surface area contributed by atoms with Gasteiger partial charge in [0.1, 0.15) is 0 Å². The smallest absolute Gasteiger partial charge is 0.296 e. The minimum Gasteiger partial charge on any atom is -0.296 e. The molecule has 0 amide bonds. The van der Waals surface area contributed by atoms with Crippen molar-refractivity contribution < 1.29 is 0 Å². The Morgan fingerprint density at radius 2 is 0.633 bits per heavy atom. The number of nitrogens with zero attached hydrogens (tertiary/aromatic N) is 3. The van der Waals surface area contributed by atoms with Crippen LogP contribution in [0.2, 0.25) is 0 Å². The second kappa shape index (κ2) is 14.1. The van der Waals surface area contributed by atoms with Crippen molar-refractivity contribution in [1.82, 2.24) is 13.7 Å². The van der Waals surface area contributed by atoms with Gasteiger partial charge in [0.05, 0.1) is 0 Å². The quantitative estimate of drug-likeness (QED) is 0.254. The van der Waals surface area contributed by atoms with Gasteiger partial charge < -0.3 is 0 Å². The summed E-state index contributed by atoms with van der Waals surface area (Å²) in [6.45, 7) is 40.0. The zero-order chi connectivity index (χ0) is 23.6. The molecule has 0 aliphatic heterocycles. The van der Waals surface area contributed by atoms with Gasteiger partial charge in [-0.25, -0.2) is 0 Å². The molecule has 180 valence electrons. The monoisotopic (exact) mass is 439 g/mol. The predicted octanol–water partition coefficient (Wildman–Crippen LogP) is 6.49. The summed E-state index contributed by atoms with van der Waals surface area (Å²) in [5.41, 5.74) is 2.42. The highest BCUT2D eigenvalue weighted by molar-refractivity contribution is 6.76. The highest BCUT2D eigenvalue weighted by Crippen LogP contribution is 2.28. The van der Waals surface area contributed by atoms with E-state index in [2.05, 4.69) is 109 Å². The topological polar surface area (TPSA) is 9.72 Å². The molecule has 0 N–H and O–H groups in total. The van der Waals surface area contributed by atoms with Gasteiger partial charge in [0.2, 0.25) is 0 Å². The Morgan fingerprint density at radius 3 is 0.733 bits per heavy atom. The molecule has 0 saturated carbocycles. The third kappa shape index (κ3) is 9.97. The Bertz CT molecular complexity index is 367. The van der Waals surface area contributed by atoms with Crippen molar-refractivity contribution in [3.05, 3.63) is 12.3 Å². The number of hydrogen-bond acceptors (Lipinski definition) is 3. The van der Waals surface area contributed by atoms with Gasteiger partial charge in [-0.15, -0.1) is 6.58 Å². The number of hydrogen-bond donors (Lipinski definition) is 0. The molecule has 0 unspecified atom stereocenters. The SMILES string of the molecule is C=C[Si](N(CC(C)C)CC(C)C)(N(CC(C)C)CC(C)C)N(CC(C)C)CC(C)C. The Labute approximate surface area is 192 Å². The average molecular weight is 440 g/mol. The Hall–Kier alpha value is -0.163. The molecule has 0 aliphatic rings. The molecule has 0 aromatic rings.